The molecule has 2 heterocycles. The maximum absolute atomic E-state index is 5.86. The molecule has 6 heteroatoms. The highest BCUT2D eigenvalue weighted by Gasteiger charge is 2.14. The number of hydrogen-bond donors (Lipinski definition) is 2. The van der Waals surface area contributed by atoms with Crippen LogP contribution in [0.15, 0.2) is 17.1 Å². The van der Waals surface area contributed by atoms with Gasteiger partial charge in [0.15, 0.2) is 5.96 Å². The van der Waals surface area contributed by atoms with Gasteiger partial charge in [0, 0.05) is 18.0 Å². The van der Waals surface area contributed by atoms with Gasteiger partial charge in [-0.3, -0.25) is 4.99 Å². The summed E-state index contributed by atoms with van der Waals surface area (Å²) in [5.74, 6) is 0.494. The van der Waals surface area contributed by atoms with Gasteiger partial charge in [-0.05, 0) is 31.4 Å². The van der Waals surface area contributed by atoms with Gasteiger partial charge in [-0.25, -0.2) is 0 Å². The minimum Gasteiger partial charge on any atom is -0.376 e. The van der Waals surface area contributed by atoms with Crippen LogP contribution < -0.4 is 11.1 Å². The number of rotatable bonds is 5. The van der Waals surface area contributed by atoms with Crippen LogP contribution in [0.2, 0.25) is 4.34 Å². The second-order valence-corrected chi connectivity index (χ2v) is 6.04. The summed E-state index contributed by atoms with van der Waals surface area (Å²) in [5.41, 5.74) is 5.78. The van der Waals surface area contributed by atoms with E-state index in [1.807, 2.05) is 12.1 Å². The van der Waals surface area contributed by atoms with Crippen molar-refractivity contribution in [2.24, 2.45) is 10.7 Å². The Bertz CT molecular complexity index is 402. The van der Waals surface area contributed by atoms with Crippen LogP contribution in [0.5, 0.6) is 0 Å². The van der Waals surface area contributed by atoms with Crippen molar-refractivity contribution < 1.29 is 4.74 Å². The molecule has 1 aromatic rings. The van der Waals surface area contributed by atoms with E-state index in [1.165, 1.54) is 4.88 Å². The van der Waals surface area contributed by atoms with E-state index in [9.17, 15) is 0 Å². The Labute approximate surface area is 116 Å². The van der Waals surface area contributed by atoms with Gasteiger partial charge in [0.25, 0.3) is 0 Å². The maximum Gasteiger partial charge on any atom is 0.188 e. The highest BCUT2D eigenvalue weighted by molar-refractivity contribution is 7.16. The highest BCUT2D eigenvalue weighted by Crippen LogP contribution is 2.21. The van der Waals surface area contributed by atoms with E-state index in [0.29, 0.717) is 12.5 Å². The fourth-order valence-electron chi connectivity index (χ4n) is 1.84. The molecule has 1 aliphatic heterocycles. The van der Waals surface area contributed by atoms with Crippen molar-refractivity contribution in [3.05, 3.63) is 21.3 Å². The van der Waals surface area contributed by atoms with Gasteiger partial charge in [-0.2, -0.15) is 0 Å². The van der Waals surface area contributed by atoms with Crippen molar-refractivity contribution >= 4 is 28.9 Å². The third-order valence-corrected chi connectivity index (χ3v) is 4.09. The molecule has 4 nitrogen and oxygen atoms in total. The minimum atomic E-state index is 0.251. The first-order chi connectivity index (χ1) is 8.74. The number of nitrogens with two attached hydrogens (primary N) is 1. The SMILES string of the molecule is NC(=NCC1CCCO1)NCCc1ccc(Cl)s1. The fraction of sp³-hybridized carbons (Fsp3) is 0.583. The summed E-state index contributed by atoms with van der Waals surface area (Å²) in [6.07, 6.45) is 3.38. The zero-order valence-corrected chi connectivity index (χ0v) is 11.8. The molecule has 0 aliphatic carbocycles. The van der Waals surface area contributed by atoms with Crippen LogP contribution in [0, 0.1) is 0 Å². The normalized spacial score (nSPS) is 20.3. The van der Waals surface area contributed by atoms with Crippen LogP contribution in [0.1, 0.15) is 17.7 Å². The predicted molar refractivity (Wildman–Crippen MR) is 76.5 cm³/mol. The average molecular weight is 288 g/mol. The first-order valence-corrected chi connectivity index (χ1v) is 7.33. The summed E-state index contributed by atoms with van der Waals surface area (Å²) >= 11 is 7.46. The van der Waals surface area contributed by atoms with Crippen molar-refractivity contribution in [1.29, 1.82) is 0 Å². The Hall–Kier alpha value is -0.780. The minimum absolute atomic E-state index is 0.251. The molecule has 0 aromatic carbocycles. The molecule has 2 rings (SSSR count). The number of nitrogens with zero attached hydrogens (tertiary/aromatic N) is 1. The van der Waals surface area contributed by atoms with Crippen LogP contribution in [-0.2, 0) is 11.2 Å². The first-order valence-electron chi connectivity index (χ1n) is 6.13. The maximum atomic E-state index is 5.86. The molecule has 1 fully saturated rings. The van der Waals surface area contributed by atoms with E-state index in [1.54, 1.807) is 11.3 Å². The third-order valence-electron chi connectivity index (χ3n) is 2.80. The highest BCUT2D eigenvalue weighted by atomic mass is 35.5. The molecule has 100 valence electrons. The summed E-state index contributed by atoms with van der Waals surface area (Å²) in [7, 11) is 0. The van der Waals surface area contributed by atoms with Gasteiger partial charge in [0.2, 0.25) is 0 Å². The van der Waals surface area contributed by atoms with E-state index in [0.717, 1.165) is 36.8 Å². The lowest BCUT2D eigenvalue weighted by Gasteiger charge is -2.07. The van der Waals surface area contributed by atoms with Crippen LogP contribution >= 0.6 is 22.9 Å². The summed E-state index contributed by atoms with van der Waals surface area (Å²) in [6, 6.07) is 3.95. The van der Waals surface area contributed by atoms with Crippen LogP contribution in [0.25, 0.3) is 0 Å². The number of aliphatic imine (C=N–C) groups is 1. The van der Waals surface area contributed by atoms with Gasteiger partial charge in [-0.1, -0.05) is 11.6 Å². The zero-order valence-electron chi connectivity index (χ0n) is 10.2. The molecule has 0 spiro atoms. The molecule has 1 unspecified atom stereocenters. The molecule has 18 heavy (non-hydrogen) atoms. The molecule has 0 radical (unpaired) electrons. The Balaban J connectivity index is 1.64. The second-order valence-electron chi connectivity index (χ2n) is 4.24. The Morgan fingerprint density at radius 1 is 1.61 bits per heavy atom. The van der Waals surface area contributed by atoms with E-state index in [-0.39, 0.29) is 6.10 Å². The Morgan fingerprint density at radius 3 is 3.17 bits per heavy atom. The van der Waals surface area contributed by atoms with E-state index >= 15 is 0 Å². The third kappa shape index (κ3) is 4.48. The lowest BCUT2D eigenvalue weighted by molar-refractivity contribution is 0.118. The van der Waals surface area contributed by atoms with Crippen molar-refractivity contribution in [2.75, 3.05) is 19.7 Å². The van der Waals surface area contributed by atoms with Crippen LogP contribution in [0.4, 0.5) is 0 Å². The van der Waals surface area contributed by atoms with Gasteiger partial charge in [0.05, 0.1) is 17.0 Å². The molecule has 1 aliphatic rings. The topological polar surface area (TPSA) is 59.6 Å². The second kappa shape index (κ2) is 6.97. The Morgan fingerprint density at radius 2 is 2.50 bits per heavy atom. The van der Waals surface area contributed by atoms with Crippen molar-refractivity contribution in [1.82, 2.24) is 5.32 Å². The molecule has 3 N–H and O–H groups in total. The van der Waals surface area contributed by atoms with E-state index in [2.05, 4.69) is 10.3 Å². The zero-order chi connectivity index (χ0) is 12.8. The van der Waals surface area contributed by atoms with Crippen LogP contribution in [0.3, 0.4) is 0 Å². The number of hydrogen-bond acceptors (Lipinski definition) is 3. The number of nitrogens with one attached hydrogen (secondary N) is 1. The molecule has 1 saturated heterocycles. The van der Waals surface area contributed by atoms with Gasteiger partial charge < -0.3 is 15.8 Å². The summed E-state index contributed by atoms with van der Waals surface area (Å²) in [4.78, 5) is 5.53. The van der Waals surface area contributed by atoms with E-state index in [4.69, 9.17) is 22.1 Å². The molecule has 0 amide bonds. The quantitative estimate of drug-likeness (QED) is 0.643. The molecule has 1 aromatic heterocycles. The molecular weight excluding hydrogens is 270 g/mol. The molecule has 1 atom stereocenters. The Kier molecular flexibility index (Phi) is 5.28. The largest absolute Gasteiger partial charge is 0.376 e. The molecule has 0 saturated carbocycles. The van der Waals surface area contributed by atoms with Gasteiger partial charge >= 0.3 is 0 Å². The van der Waals surface area contributed by atoms with Gasteiger partial charge in [-0.15, -0.1) is 11.3 Å². The number of ether oxygens (including phenoxy) is 1. The fourth-order valence-corrected chi connectivity index (χ4v) is 2.93. The van der Waals surface area contributed by atoms with Crippen molar-refractivity contribution in [3.63, 3.8) is 0 Å². The smallest absolute Gasteiger partial charge is 0.188 e. The van der Waals surface area contributed by atoms with Crippen LogP contribution in [-0.4, -0.2) is 31.8 Å². The standard InChI is InChI=1S/C12H18ClN3OS/c13-11-4-3-10(18-11)5-6-15-12(14)16-8-9-2-1-7-17-9/h3-4,9H,1-2,5-8H2,(H3,14,15,16). The predicted octanol–water partition coefficient (Wildman–Crippen LogP) is 2.03. The average Bonchev–Trinajstić information content (AvgIpc) is 2.98. The van der Waals surface area contributed by atoms with Crippen molar-refractivity contribution in [2.45, 2.75) is 25.4 Å². The summed E-state index contributed by atoms with van der Waals surface area (Å²) in [5, 5.41) is 3.10. The number of halogens is 1. The summed E-state index contributed by atoms with van der Waals surface area (Å²) < 4.78 is 6.30. The van der Waals surface area contributed by atoms with Gasteiger partial charge in [0.1, 0.15) is 0 Å². The number of thiophene rings is 1. The van der Waals surface area contributed by atoms with Crippen molar-refractivity contribution in [3.8, 4) is 0 Å². The molecular formula is C12H18ClN3OS. The molecule has 0 bridgehead atoms. The summed E-state index contributed by atoms with van der Waals surface area (Å²) in [6.45, 7) is 2.29. The first kappa shape index (κ1) is 13.6. The monoisotopic (exact) mass is 287 g/mol. The lowest BCUT2D eigenvalue weighted by Crippen LogP contribution is -2.34. The lowest BCUT2D eigenvalue weighted by atomic mass is 10.2. The number of guanidine groups is 1. The van der Waals surface area contributed by atoms with E-state index < -0.39 is 0 Å².